The van der Waals surface area contributed by atoms with E-state index >= 15 is 0 Å². The molecule has 3 rings (SSSR count). The zero-order chi connectivity index (χ0) is 14.3. The highest BCUT2D eigenvalue weighted by molar-refractivity contribution is 7.16. The lowest BCUT2D eigenvalue weighted by Gasteiger charge is -2.00. The molecular weight excluding hydrogens is 273 g/mol. The summed E-state index contributed by atoms with van der Waals surface area (Å²) in [5.41, 5.74) is 2.80. The normalized spacial score (nSPS) is 11.7. The molecule has 20 heavy (non-hydrogen) atoms. The molecule has 0 fully saturated rings. The first-order valence-corrected chi connectivity index (χ1v) is 7.47. The van der Waals surface area contributed by atoms with E-state index in [1.807, 2.05) is 11.4 Å². The fourth-order valence-electron chi connectivity index (χ4n) is 2.20. The van der Waals surface area contributed by atoms with Crippen molar-refractivity contribution < 1.29 is 4.39 Å². The van der Waals surface area contributed by atoms with Crippen LogP contribution in [0.2, 0.25) is 0 Å². The van der Waals surface area contributed by atoms with Crippen molar-refractivity contribution in [1.29, 1.82) is 0 Å². The highest BCUT2D eigenvalue weighted by Crippen LogP contribution is 2.27. The quantitative estimate of drug-likeness (QED) is 0.726. The minimum atomic E-state index is -0.232. The molecular formula is C15H16FN3S. The van der Waals surface area contributed by atoms with E-state index in [1.54, 1.807) is 23.5 Å². The minimum absolute atomic E-state index is 0.232. The topological polar surface area (TPSA) is 30.2 Å². The summed E-state index contributed by atoms with van der Waals surface area (Å²) >= 11 is 1.63. The number of halogens is 1. The third-order valence-electron chi connectivity index (χ3n) is 3.17. The van der Waals surface area contributed by atoms with Gasteiger partial charge in [-0.3, -0.25) is 0 Å². The van der Waals surface area contributed by atoms with Gasteiger partial charge in [-0.2, -0.15) is 5.10 Å². The zero-order valence-electron chi connectivity index (χ0n) is 11.7. The molecule has 0 amide bonds. The van der Waals surface area contributed by atoms with Crippen molar-refractivity contribution in [3.63, 3.8) is 0 Å². The Bertz CT molecular complexity index is 740. The van der Waals surface area contributed by atoms with E-state index in [-0.39, 0.29) is 5.82 Å². The van der Waals surface area contributed by atoms with Gasteiger partial charge in [-0.25, -0.2) is 13.9 Å². The molecule has 0 N–H and O–H groups in total. The molecule has 0 aliphatic rings. The number of imidazole rings is 1. The molecule has 0 bridgehead atoms. The van der Waals surface area contributed by atoms with Crippen molar-refractivity contribution in [2.24, 2.45) is 5.92 Å². The van der Waals surface area contributed by atoms with Gasteiger partial charge >= 0.3 is 0 Å². The lowest BCUT2D eigenvalue weighted by molar-refractivity contribution is 0.628. The Morgan fingerprint density at radius 3 is 2.55 bits per heavy atom. The van der Waals surface area contributed by atoms with E-state index in [0.29, 0.717) is 5.92 Å². The summed E-state index contributed by atoms with van der Waals surface area (Å²) in [4.78, 5) is 5.54. The van der Waals surface area contributed by atoms with Gasteiger partial charge in [0, 0.05) is 12.0 Å². The predicted octanol–water partition coefficient (Wildman–Crippen LogP) is 4.10. The van der Waals surface area contributed by atoms with E-state index in [9.17, 15) is 4.39 Å². The van der Waals surface area contributed by atoms with Crippen LogP contribution in [0.5, 0.6) is 0 Å². The first-order chi connectivity index (χ1) is 9.54. The number of rotatable bonds is 3. The van der Waals surface area contributed by atoms with E-state index in [4.69, 9.17) is 0 Å². The molecule has 0 aliphatic heterocycles. The van der Waals surface area contributed by atoms with Gasteiger partial charge in [-0.05, 0) is 37.1 Å². The van der Waals surface area contributed by atoms with Crippen LogP contribution in [0.3, 0.4) is 0 Å². The number of aryl methyl sites for hydroxylation is 1. The van der Waals surface area contributed by atoms with E-state index in [2.05, 4.69) is 23.9 Å². The monoisotopic (exact) mass is 289 g/mol. The molecule has 0 saturated heterocycles. The second-order valence-electron chi connectivity index (χ2n) is 5.34. The summed E-state index contributed by atoms with van der Waals surface area (Å²) < 4.78 is 14.9. The number of benzene rings is 1. The summed E-state index contributed by atoms with van der Waals surface area (Å²) in [7, 11) is 0. The molecule has 0 unspecified atom stereocenters. The van der Waals surface area contributed by atoms with Crippen molar-refractivity contribution in [3.8, 4) is 11.3 Å². The van der Waals surface area contributed by atoms with E-state index in [1.165, 1.54) is 12.1 Å². The summed E-state index contributed by atoms with van der Waals surface area (Å²) in [5.74, 6) is 0.354. The number of nitrogens with zero attached hydrogens (tertiary/aromatic N) is 3. The van der Waals surface area contributed by atoms with Gasteiger partial charge in [0.2, 0.25) is 4.96 Å². The van der Waals surface area contributed by atoms with Crippen molar-refractivity contribution in [2.75, 3.05) is 0 Å². The third-order valence-corrected chi connectivity index (χ3v) is 4.10. The molecule has 0 atom stereocenters. The fourth-order valence-corrected chi connectivity index (χ4v) is 3.35. The van der Waals surface area contributed by atoms with Gasteiger partial charge in [0.15, 0.2) is 0 Å². The van der Waals surface area contributed by atoms with Gasteiger partial charge in [0.05, 0.1) is 11.4 Å². The molecule has 0 radical (unpaired) electrons. The Balaban J connectivity index is 2.03. The van der Waals surface area contributed by atoms with Gasteiger partial charge in [0.1, 0.15) is 10.8 Å². The average molecular weight is 289 g/mol. The molecule has 5 heteroatoms. The average Bonchev–Trinajstić information content (AvgIpc) is 2.90. The van der Waals surface area contributed by atoms with Crippen LogP contribution in [0.1, 0.15) is 24.5 Å². The minimum Gasteiger partial charge on any atom is -0.217 e. The van der Waals surface area contributed by atoms with Crippen LogP contribution in [-0.4, -0.2) is 14.6 Å². The van der Waals surface area contributed by atoms with Crippen LogP contribution in [0.4, 0.5) is 4.39 Å². The highest BCUT2D eigenvalue weighted by Gasteiger charge is 2.15. The fraction of sp³-hybridized carbons (Fsp3) is 0.333. The lowest BCUT2D eigenvalue weighted by atomic mass is 10.1. The number of fused-ring (bicyclic) bond motifs is 1. The third kappa shape index (κ3) is 2.33. The molecule has 104 valence electrons. The van der Waals surface area contributed by atoms with Crippen molar-refractivity contribution in [1.82, 2.24) is 14.6 Å². The van der Waals surface area contributed by atoms with E-state index < -0.39 is 0 Å². The summed E-state index contributed by atoms with van der Waals surface area (Å²) in [6.07, 6.45) is 0.972. The number of hydrogen-bond acceptors (Lipinski definition) is 3. The van der Waals surface area contributed by atoms with Crippen LogP contribution in [0.25, 0.3) is 16.2 Å². The van der Waals surface area contributed by atoms with Crippen LogP contribution < -0.4 is 0 Å². The van der Waals surface area contributed by atoms with Crippen LogP contribution in [0, 0.1) is 18.7 Å². The predicted molar refractivity (Wildman–Crippen MR) is 79.5 cm³/mol. The standard InChI is InChI=1S/C15H16FN3S/c1-9(2)8-13-18-19-10(3)14(17-15(19)20-13)11-4-6-12(16)7-5-11/h4-7,9H,8H2,1-3H3. The van der Waals surface area contributed by atoms with Crippen molar-refractivity contribution in [2.45, 2.75) is 27.2 Å². The molecule has 0 aliphatic carbocycles. The Hall–Kier alpha value is -1.75. The zero-order valence-corrected chi connectivity index (χ0v) is 12.5. The second-order valence-corrected chi connectivity index (χ2v) is 6.38. The van der Waals surface area contributed by atoms with E-state index in [0.717, 1.165) is 33.3 Å². The van der Waals surface area contributed by atoms with Gasteiger partial charge in [-0.1, -0.05) is 25.2 Å². The molecule has 0 spiro atoms. The Kier molecular flexibility index (Phi) is 3.30. The SMILES string of the molecule is Cc1c(-c2ccc(F)cc2)nc2sc(CC(C)C)nn12. The second kappa shape index (κ2) is 4.98. The smallest absolute Gasteiger partial charge is 0.212 e. The van der Waals surface area contributed by atoms with Crippen LogP contribution in [0.15, 0.2) is 24.3 Å². The number of aromatic nitrogens is 3. The number of hydrogen-bond donors (Lipinski definition) is 0. The Morgan fingerprint density at radius 2 is 1.95 bits per heavy atom. The highest BCUT2D eigenvalue weighted by atomic mass is 32.1. The Labute approximate surface area is 121 Å². The molecule has 2 heterocycles. The largest absolute Gasteiger partial charge is 0.217 e. The van der Waals surface area contributed by atoms with Crippen LogP contribution >= 0.6 is 11.3 Å². The summed E-state index contributed by atoms with van der Waals surface area (Å²) in [6.45, 7) is 6.36. The molecule has 3 nitrogen and oxygen atoms in total. The molecule has 2 aromatic heterocycles. The summed E-state index contributed by atoms with van der Waals surface area (Å²) in [5, 5.41) is 5.72. The van der Waals surface area contributed by atoms with Crippen LogP contribution in [-0.2, 0) is 6.42 Å². The maximum absolute atomic E-state index is 13.0. The van der Waals surface area contributed by atoms with Gasteiger partial charge < -0.3 is 0 Å². The maximum Gasteiger partial charge on any atom is 0.212 e. The first kappa shape index (κ1) is 13.2. The van der Waals surface area contributed by atoms with Gasteiger partial charge in [0.25, 0.3) is 0 Å². The molecule has 0 saturated carbocycles. The lowest BCUT2D eigenvalue weighted by Crippen LogP contribution is -1.96. The maximum atomic E-state index is 13.0. The van der Waals surface area contributed by atoms with Gasteiger partial charge in [-0.15, -0.1) is 0 Å². The summed E-state index contributed by atoms with van der Waals surface area (Å²) in [6, 6.07) is 6.42. The molecule has 3 aromatic rings. The molecule has 1 aromatic carbocycles. The van der Waals surface area contributed by atoms with Crippen molar-refractivity contribution in [3.05, 3.63) is 40.8 Å². The van der Waals surface area contributed by atoms with Crippen molar-refractivity contribution >= 4 is 16.3 Å². The Morgan fingerprint density at radius 1 is 1.25 bits per heavy atom. The first-order valence-electron chi connectivity index (χ1n) is 6.65.